The highest BCUT2D eigenvalue weighted by Gasteiger charge is 2.42. The van der Waals surface area contributed by atoms with Crippen molar-refractivity contribution in [2.45, 2.75) is 31.8 Å². The highest BCUT2D eigenvalue weighted by atomic mass is 16.3. The molecule has 1 aliphatic rings. The van der Waals surface area contributed by atoms with Gasteiger partial charge in [0.25, 0.3) is 0 Å². The van der Waals surface area contributed by atoms with Crippen LogP contribution in [0.25, 0.3) is 10.8 Å². The number of nitriles is 1. The molecule has 0 bridgehead atoms. The van der Waals surface area contributed by atoms with Gasteiger partial charge in [-0.3, -0.25) is 0 Å². The largest absolute Gasteiger partial charge is 0.387 e. The lowest BCUT2D eigenvalue weighted by atomic mass is 9.77. The lowest BCUT2D eigenvalue weighted by molar-refractivity contribution is 0.0684. The van der Waals surface area contributed by atoms with Crippen molar-refractivity contribution in [2.75, 3.05) is 0 Å². The summed E-state index contributed by atoms with van der Waals surface area (Å²) in [5, 5.41) is 22.4. The van der Waals surface area contributed by atoms with Gasteiger partial charge >= 0.3 is 0 Å². The molecule has 0 heterocycles. The summed E-state index contributed by atoms with van der Waals surface area (Å²) in [6.07, 6.45) is 2.98. The molecule has 1 N–H and O–H groups in total. The molecule has 2 aromatic carbocycles. The minimum Gasteiger partial charge on any atom is -0.387 e. The molecule has 0 aliphatic heterocycles. The number of aliphatic hydroxyl groups is 1. The Morgan fingerprint density at radius 1 is 1.05 bits per heavy atom. The quantitative estimate of drug-likeness (QED) is 0.878. The zero-order chi connectivity index (χ0) is 13.3. The number of nitrogens with zero attached hydrogens (tertiary/aromatic N) is 1. The lowest BCUT2D eigenvalue weighted by Gasteiger charge is -2.28. The van der Waals surface area contributed by atoms with E-state index in [4.69, 9.17) is 0 Å². The van der Waals surface area contributed by atoms with Gasteiger partial charge in [0.2, 0.25) is 0 Å². The van der Waals surface area contributed by atoms with Crippen LogP contribution < -0.4 is 0 Å². The van der Waals surface area contributed by atoms with Gasteiger partial charge in [-0.1, -0.05) is 55.3 Å². The van der Waals surface area contributed by atoms with Crippen molar-refractivity contribution in [1.29, 1.82) is 5.26 Å². The molecule has 1 fully saturated rings. The first kappa shape index (κ1) is 12.2. The van der Waals surface area contributed by atoms with Crippen LogP contribution in [0.2, 0.25) is 0 Å². The summed E-state index contributed by atoms with van der Waals surface area (Å²) >= 11 is 0. The number of aliphatic hydroxyl groups excluding tert-OH is 1. The van der Waals surface area contributed by atoms with Crippen LogP contribution in [0.4, 0.5) is 0 Å². The van der Waals surface area contributed by atoms with Gasteiger partial charge in [0.05, 0.1) is 17.6 Å². The third-order valence-corrected chi connectivity index (χ3v) is 4.36. The Morgan fingerprint density at radius 3 is 2.47 bits per heavy atom. The van der Waals surface area contributed by atoms with Gasteiger partial charge in [-0.15, -0.1) is 0 Å². The van der Waals surface area contributed by atoms with Gasteiger partial charge in [-0.05, 0) is 29.2 Å². The molecule has 1 atom stereocenters. The minimum atomic E-state index is -0.689. The van der Waals surface area contributed by atoms with Crippen LogP contribution in [-0.4, -0.2) is 5.11 Å². The summed E-state index contributed by atoms with van der Waals surface area (Å²) in [6.45, 7) is 0. The topological polar surface area (TPSA) is 44.0 Å². The molecule has 1 unspecified atom stereocenters. The number of rotatable bonds is 2. The number of hydrogen-bond donors (Lipinski definition) is 1. The highest BCUT2D eigenvalue weighted by molar-refractivity contribution is 5.86. The minimum absolute atomic E-state index is 0.593. The van der Waals surface area contributed by atoms with Crippen molar-refractivity contribution >= 4 is 10.8 Å². The third kappa shape index (κ3) is 1.91. The fraction of sp³-hybridized carbons (Fsp3) is 0.353. The van der Waals surface area contributed by atoms with Gasteiger partial charge in [0.1, 0.15) is 0 Å². The van der Waals surface area contributed by atoms with Crippen LogP contribution >= 0.6 is 0 Å². The maximum absolute atomic E-state index is 10.7. The normalized spacial score (nSPS) is 19.2. The number of fused-ring (bicyclic) bond motifs is 1. The average Bonchev–Trinajstić information content (AvgIpc) is 2.96. The van der Waals surface area contributed by atoms with Crippen LogP contribution in [0, 0.1) is 16.7 Å². The molecule has 3 rings (SSSR count). The molecule has 96 valence electrons. The number of benzene rings is 2. The number of hydrogen-bond acceptors (Lipinski definition) is 2. The van der Waals surface area contributed by atoms with E-state index in [-0.39, 0.29) is 0 Å². The fourth-order valence-electron chi connectivity index (χ4n) is 3.24. The highest BCUT2D eigenvalue weighted by Crippen LogP contribution is 2.48. The van der Waals surface area contributed by atoms with Crippen LogP contribution in [0.15, 0.2) is 42.5 Å². The Labute approximate surface area is 113 Å². The van der Waals surface area contributed by atoms with Crippen LogP contribution in [0.5, 0.6) is 0 Å². The Morgan fingerprint density at radius 2 is 1.74 bits per heavy atom. The Bertz CT molecular complexity index is 630. The molecule has 2 aromatic rings. The molecule has 19 heavy (non-hydrogen) atoms. The monoisotopic (exact) mass is 251 g/mol. The van der Waals surface area contributed by atoms with E-state index in [1.54, 1.807) is 0 Å². The van der Waals surface area contributed by atoms with E-state index in [0.717, 1.165) is 42.0 Å². The van der Waals surface area contributed by atoms with E-state index in [2.05, 4.69) is 6.07 Å². The van der Waals surface area contributed by atoms with Crippen LogP contribution in [0.3, 0.4) is 0 Å². The van der Waals surface area contributed by atoms with Crippen molar-refractivity contribution in [3.05, 3.63) is 48.0 Å². The summed E-state index contributed by atoms with van der Waals surface area (Å²) in [4.78, 5) is 0. The molecular weight excluding hydrogens is 234 g/mol. The van der Waals surface area contributed by atoms with Crippen molar-refractivity contribution in [3.8, 4) is 6.07 Å². The van der Waals surface area contributed by atoms with E-state index >= 15 is 0 Å². The molecule has 2 heteroatoms. The Kier molecular flexibility index (Phi) is 3.00. The van der Waals surface area contributed by atoms with E-state index in [1.165, 1.54) is 0 Å². The average molecular weight is 251 g/mol. The van der Waals surface area contributed by atoms with Gasteiger partial charge < -0.3 is 5.11 Å². The molecule has 0 saturated heterocycles. The second-order valence-electron chi connectivity index (χ2n) is 5.45. The summed E-state index contributed by atoms with van der Waals surface area (Å²) < 4.78 is 0. The van der Waals surface area contributed by atoms with Crippen molar-refractivity contribution in [2.24, 2.45) is 5.41 Å². The fourth-order valence-corrected chi connectivity index (χ4v) is 3.24. The summed E-state index contributed by atoms with van der Waals surface area (Å²) in [5.41, 5.74) is 0.297. The van der Waals surface area contributed by atoms with Crippen molar-refractivity contribution < 1.29 is 5.11 Å². The Balaban J connectivity index is 2.12. The molecule has 1 saturated carbocycles. The zero-order valence-electron chi connectivity index (χ0n) is 10.8. The maximum Gasteiger partial charge on any atom is 0.0982 e. The second-order valence-corrected chi connectivity index (χ2v) is 5.45. The predicted octanol–water partition coefficient (Wildman–Crippen LogP) is 3.96. The SMILES string of the molecule is N#CC1(C(O)c2cccc3ccccc23)CCCC1. The van der Waals surface area contributed by atoms with Gasteiger partial charge in [0.15, 0.2) is 0 Å². The van der Waals surface area contributed by atoms with E-state index in [9.17, 15) is 10.4 Å². The van der Waals surface area contributed by atoms with Crippen LogP contribution in [-0.2, 0) is 0 Å². The first-order valence-corrected chi connectivity index (χ1v) is 6.84. The maximum atomic E-state index is 10.7. The third-order valence-electron chi connectivity index (χ3n) is 4.36. The summed E-state index contributed by atoms with van der Waals surface area (Å²) in [5.74, 6) is 0. The van der Waals surface area contributed by atoms with Gasteiger partial charge in [0, 0.05) is 0 Å². The first-order valence-electron chi connectivity index (χ1n) is 6.84. The van der Waals surface area contributed by atoms with Crippen LogP contribution in [0.1, 0.15) is 37.4 Å². The van der Waals surface area contributed by atoms with Crippen molar-refractivity contribution in [3.63, 3.8) is 0 Å². The smallest absolute Gasteiger partial charge is 0.0982 e. The van der Waals surface area contributed by atoms with E-state index in [0.29, 0.717) is 0 Å². The summed E-state index contributed by atoms with van der Waals surface area (Å²) in [7, 11) is 0. The zero-order valence-corrected chi connectivity index (χ0v) is 10.8. The first-order chi connectivity index (χ1) is 9.27. The molecule has 0 radical (unpaired) electrons. The Hall–Kier alpha value is -1.85. The predicted molar refractivity (Wildman–Crippen MR) is 75.4 cm³/mol. The molecule has 2 nitrogen and oxygen atoms in total. The standard InChI is InChI=1S/C17H17NO/c18-12-17(10-3-4-11-17)16(19)15-9-5-7-13-6-1-2-8-14(13)15/h1-2,5-9,16,19H,3-4,10-11H2. The molecule has 0 aromatic heterocycles. The molecular formula is C17H17NO. The van der Waals surface area contributed by atoms with E-state index in [1.807, 2.05) is 42.5 Å². The van der Waals surface area contributed by atoms with Gasteiger partial charge in [-0.25, -0.2) is 0 Å². The van der Waals surface area contributed by atoms with Crippen molar-refractivity contribution in [1.82, 2.24) is 0 Å². The summed E-state index contributed by atoms with van der Waals surface area (Å²) in [6, 6.07) is 16.4. The molecule has 0 spiro atoms. The molecule has 1 aliphatic carbocycles. The van der Waals surface area contributed by atoms with E-state index < -0.39 is 11.5 Å². The molecule has 0 amide bonds. The lowest BCUT2D eigenvalue weighted by Crippen LogP contribution is -2.24. The second kappa shape index (κ2) is 4.68. The van der Waals surface area contributed by atoms with Gasteiger partial charge in [-0.2, -0.15) is 5.26 Å².